The van der Waals surface area contributed by atoms with Crippen LogP contribution in [0.3, 0.4) is 0 Å². The number of hydrogen-bond acceptors (Lipinski definition) is 4. The molecule has 0 rings (SSSR count). The van der Waals surface area contributed by atoms with Crippen LogP contribution in [-0.2, 0) is 9.53 Å². The van der Waals surface area contributed by atoms with Gasteiger partial charge in [-0.15, -0.1) is 0 Å². The predicted octanol–water partition coefficient (Wildman–Crippen LogP) is -0.334. The highest BCUT2D eigenvalue weighted by atomic mass is 16.5. The Kier molecular flexibility index (Phi) is 7.53. The lowest BCUT2D eigenvalue weighted by Gasteiger charge is -2.04. The van der Waals surface area contributed by atoms with Crippen molar-refractivity contribution in [3.8, 4) is 0 Å². The maximum Gasteiger partial charge on any atom is 0.227 e. The van der Waals surface area contributed by atoms with Crippen molar-refractivity contribution in [1.82, 2.24) is 5.32 Å². The van der Waals surface area contributed by atoms with Crippen LogP contribution in [0.15, 0.2) is 5.16 Å². The second-order valence-electron chi connectivity index (χ2n) is 2.67. The third-order valence-corrected chi connectivity index (χ3v) is 1.46. The minimum Gasteiger partial charge on any atom is -0.409 e. The lowest BCUT2D eigenvalue weighted by Crippen LogP contribution is -2.29. The van der Waals surface area contributed by atoms with Gasteiger partial charge in [-0.05, 0) is 13.3 Å². The second kappa shape index (κ2) is 8.31. The largest absolute Gasteiger partial charge is 0.409 e. The van der Waals surface area contributed by atoms with Crippen molar-refractivity contribution < 1.29 is 14.7 Å². The average molecular weight is 203 g/mol. The number of carbonyl (C=O) groups is 1. The molecule has 4 N–H and O–H groups in total. The number of hydrogen-bond donors (Lipinski definition) is 3. The summed E-state index contributed by atoms with van der Waals surface area (Å²) in [5.74, 6) is -0.343. The predicted molar refractivity (Wildman–Crippen MR) is 52.1 cm³/mol. The minimum absolute atomic E-state index is 0.0782. The van der Waals surface area contributed by atoms with Crippen LogP contribution in [0.2, 0.25) is 0 Å². The van der Waals surface area contributed by atoms with E-state index < -0.39 is 0 Å². The molecular formula is C8H17N3O3. The fourth-order valence-electron chi connectivity index (χ4n) is 0.809. The van der Waals surface area contributed by atoms with Crippen LogP contribution >= 0.6 is 0 Å². The number of carbonyl (C=O) groups excluding carboxylic acids is 1. The summed E-state index contributed by atoms with van der Waals surface area (Å²) < 4.78 is 5.08. The maximum absolute atomic E-state index is 11.0. The molecule has 0 aromatic carbocycles. The van der Waals surface area contributed by atoms with Gasteiger partial charge >= 0.3 is 0 Å². The average Bonchev–Trinajstić information content (AvgIpc) is 2.17. The van der Waals surface area contributed by atoms with Crippen molar-refractivity contribution in [2.45, 2.75) is 19.8 Å². The van der Waals surface area contributed by atoms with Gasteiger partial charge in [0.25, 0.3) is 0 Å². The summed E-state index contributed by atoms with van der Waals surface area (Å²) in [4.78, 5) is 11.0. The zero-order valence-electron chi connectivity index (χ0n) is 8.32. The lowest BCUT2D eigenvalue weighted by atomic mass is 10.3. The molecule has 0 aromatic heterocycles. The number of rotatable bonds is 7. The SMILES string of the molecule is CCOCCCNC(=O)CC(N)=NO. The zero-order chi connectivity index (χ0) is 10.8. The third-order valence-electron chi connectivity index (χ3n) is 1.46. The van der Waals surface area contributed by atoms with E-state index in [2.05, 4.69) is 10.5 Å². The smallest absolute Gasteiger partial charge is 0.227 e. The van der Waals surface area contributed by atoms with E-state index in [1.54, 1.807) is 0 Å². The lowest BCUT2D eigenvalue weighted by molar-refractivity contribution is -0.119. The van der Waals surface area contributed by atoms with E-state index in [9.17, 15) is 4.79 Å². The van der Waals surface area contributed by atoms with Crippen molar-refractivity contribution in [1.29, 1.82) is 0 Å². The summed E-state index contributed by atoms with van der Waals surface area (Å²) in [6, 6.07) is 0. The number of nitrogens with two attached hydrogens (primary N) is 1. The van der Waals surface area contributed by atoms with Crippen molar-refractivity contribution in [2.24, 2.45) is 10.9 Å². The standard InChI is InChI=1S/C8H17N3O3/c1-2-14-5-3-4-10-8(12)6-7(9)11-13/h13H,2-6H2,1H3,(H2,9,11)(H,10,12). The Hall–Kier alpha value is -1.30. The van der Waals surface area contributed by atoms with E-state index in [4.69, 9.17) is 15.7 Å². The molecule has 6 heteroatoms. The molecule has 0 spiro atoms. The van der Waals surface area contributed by atoms with Crippen LogP contribution < -0.4 is 11.1 Å². The number of nitrogens with one attached hydrogen (secondary N) is 1. The van der Waals surface area contributed by atoms with Gasteiger partial charge in [-0.25, -0.2) is 0 Å². The minimum atomic E-state index is -0.253. The summed E-state index contributed by atoms with van der Waals surface area (Å²) in [6.45, 7) is 3.76. The molecule has 1 amide bonds. The molecule has 0 heterocycles. The summed E-state index contributed by atoms with van der Waals surface area (Å²) in [7, 11) is 0. The van der Waals surface area contributed by atoms with Gasteiger partial charge in [-0.3, -0.25) is 4.79 Å². The normalized spacial score (nSPS) is 11.4. The van der Waals surface area contributed by atoms with Crippen LogP contribution in [0.5, 0.6) is 0 Å². The van der Waals surface area contributed by atoms with Crippen LogP contribution in [0.4, 0.5) is 0 Å². The highest BCUT2D eigenvalue weighted by Crippen LogP contribution is 1.83. The summed E-state index contributed by atoms with van der Waals surface area (Å²) in [5.41, 5.74) is 5.14. The molecule has 0 aliphatic carbocycles. The van der Waals surface area contributed by atoms with Gasteiger partial charge in [0.05, 0.1) is 6.42 Å². The Bertz CT molecular complexity index is 194. The van der Waals surface area contributed by atoms with Gasteiger partial charge < -0.3 is 21.0 Å². The van der Waals surface area contributed by atoms with Crippen LogP contribution in [0.25, 0.3) is 0 Å². The quantitative estimate of drug-likeness (QED) is 0.173. The van der Waals surface area contributed by atoms with E-state index >= 15 is 0 Å². The van der Waals surface area contributed by atoms with Crippen LogP contribution in [0.1, 0.15) is 19.8 Å². The van der Waals surface area contributed by atoms with Gasteiger partial charge in [0.2, 0.25) is 5.91 Å². The van der Waals surface area contributed by atoms with E-state index in [1.165, 1.54) is 0 Å². The number of oxime groups is 1. The molecule has 0 radical (unpaired) electrons. The first kappa shape index (κ1) is 12.7. The van der Waals surface area contributed by atoms with Crippen molar-refractivity contribution in [3.63, 3.8) is 0 Å². The monoisotopic (exact) mass is 203 g/mol. The molecule has 0 atom stereocenters. The first-order chi connectivity index (χ1) is 6.70. The van der Waals surface area contributed by atoms with Gasteiger partial charge in [0, 0.05) is 19.8 Å². The molecular weight excluding hydrogens is 186 g/mol. The van der Waals surface area contributed by atoms with E-state index in [1.807, 2.05) is 6.92 Å². The Balaban J connectivity index is 3.36. The van der Waals surface area contributed by atoms with Gasteiger partial charge in [0.15, 0.2) is 0 Å². The summed E-state index contributed by atoms with van der Waals surface area (Å²) >= 11 is 0. The number of amidine groups is 1. The first-order valence-electron chi connectivity index (χ1n) is 4.51. The van der Waals surface area contributed by atoms with E-state index in [0.29, 0.717) is 19.8 Å². The molecule has 82 valence electrons. The fourth-order valence-corrected chi connectivity index (χ4v) is 0.809. The highest BCUT2D eigenvalue weighted by molar-refractivity contribution is 5.98. The Morgan fingerprint density at radius 1 is 1.64 bits per heavy atom. The molecule has 0 bridgehead atoms. The number of amides is 1. The first-order valence-corrected chi connectivity index (χ1v) is 4.51. The maximum atomic E-state index is 11.0. The molecule has 0 unspecified atom stereocenters. The number of ether oxygens (including phenoxy) is 1. The van der Waals surface area contributed by atoms with Gasteiger partial charge in [-0.2, -0.15) is 0 Å². The Labute approximate surface area is 83.1 Å². The van der Waals surface area contributed by atoms with Crippen LogP contribution in [-0.4, -0.2) is 36.7 Å². The third kappa shape index (κ3) is 7.35. The van der Waals surface area contributed by atoms with Crippen LogP contribution in [0, 0.1) is 0 Å². The summed E-state index contributed by atoms with van der Waals surface area (Å²) in [6.07, 6.45) is 0.681. The molecule has 0 aliphatic heterocycles. The molecule has 6 nitrogen and oxygen atoms in total. The zero-order valence-corrected chi connectivity index (χ0v) is 8.32. The van der Waals surface area contributed by atoms with E-state index in [0.717, 1.165) is 6.42 Å². The highest BCUT2D eigenvalue weighted by Gasteiger charge is 2.03. The van der Waals surface area contributed by atoms with Gasteiger partial charge in [0.1, 0.15) is 5.84 Å². The molecule has 0 saturated heterocycles. The Morgan fingerprint density at radius 2 is 2.36 bits per heavy atom. The second-order valence-corrected chi connectivity index (χ2v) is 2.67. The fraction of sp³-hybridized carbons (Fsp3) is 0.750. The molecule has 0 aliphatic rings. The van der Waals surface area contributed by atoms with E-state index in [-0.39, 0.29) is 18.2 Å². The summed E-state index contributed by atoms with van der Waals surface area (Å²) in [5, 5.41) is 13.5. The molecule has 0 fully saturated rings. The molecule has 0 saturated carbocycles. The van der Waals surface area contributed by atoms with Crippen molar-refractivity contribution >= 4 is 11.7 Å². The molecule has 0 aromatic rings. The number of nitrogens with zero attached hydrogens (tertiary/aromatic N) is 1. The van der Waals surface area contributed by atoms with Crippen molar-refractivity contribution in [3.05, 3.63) is 0 Å². The molecule has 14 heavy (non-hydrogen) atoms. The topological polar surface area (TPSA) is 96.9 Å². The van der Waals surface area contributed by atoms with Gasteiger partial charge in [-0.1, -0.05) is 5.16 Å². The van der Waals surface area contributed by atoms with Crippen molar-refractivity contribution in [2.75, 3.05) is 19.8 Å². The Morgan fingerprint density at radius 3 is 2.93 bits per heavy atom.